The molecule has 23 heavy (non-hydrogen) atoms. The second-order valence-electron chi connectivity index (χ2n) is 4.72. The van der Waals surface area contributed by atoms with Gasteiger partial charge in [-0.2, -0.15) is 5.10 Å². The van der Waals surface area contributed by atoms with Gasteiger partial charge in [-0.25, -0.2) is 4.39 Å². The summed E-state index contributed by atoms with van der Waals surface area (Å²) in [6.45, 7) is 0. The number of hydrogen-bond donors (Lipinski definition) is 1. The van der Waals surface area contributed by atoms with E-state index in [9.17, 15) is 9.18 Å². The Morgan fingerprint density at radius 2 is 1.91 bits per heavy atom. The number of thioether (sulfide) groups is 1. The van der Waals surface area contributed by atoms with E-state index in [0.717, 1.165) is 11.8 Å². The maximum Gasteiger partial charge on any atom is 0.269 e. The smallest absolute Gasteiger partial charge is 0.269 e. The predicted molar refractivity (Wildman–Crippen MR) is 90.4 cm³/mol. The van der Waals surface area contributed by atoms with Crippen molar-refractivity contribution >= 4 is 34.1 Å². The zero-order valence-corrected chi connectivity index (χ0v) is 12.8. The van der Waals surface area contributed by atoms with E-state index in [1.807, 2.05) is 18.2 Å². The molecule has 0 aliphatic carbocycles. The van der Waals surface area contributed by atoms with Crippen LogP contribution in [0.2, 0.25) is 0 Å². The Bertz CT molecular complexity index is 749. The summed E-state index contributed by atoms with van der Waals surface area (Å²) in [5.41, 5.74) is 0.187. The van der Waals surface area contributed by atoms with Crippen molar-refractivity contribution in [3.63, 3.8) is 0 Å². The monoisotopic (exact) mass is 328 g/mol. The number of halogens is 1. The molecule has 0 spiro atoms. The molecule has 0 fully saturated rings. The zero-order valence-electron chi connectivity index (χ0n) is 12.0. The number of benzene rings is 1. The normalized spacial score (nSPS) is 14.8. The van der Waals surface area contributed by atoms with Gasteiger partial charge >= 0.3 is 0 Å². The van der Waals surface area contributed by atoms with Gasteiger partial charge in [0.25, 0.3) is 5.91 Å². The summed E-state index contributed by atoms with van der Waals surface area (Å²) in [6.07, 6.45) is 2.04. The summed E-state index contributed by atoms with van der Waals surface area (Å²) in [5, 5.41) is 10.9. The van der Waals surface area contributed by atoms with Crippen LogP contribution in [-0.4, -0.2) is 27.2 Å². The summed E-state index contributed by atoms with van der Waals surface area (Å²) in [6, 6.07) is 14.2. The number of carbonyl (C=O) groups is 1. The van der Waals surface area contributed by atoms with Gasteiger partial charge in [-0.1, -0.05) is 36.0 Å². The molecule has 1 atom stereocenters. The first kappa shape index (κ1) is 15.4. The first-order chi connectivity index (χ1) is 11.2. The zero-order chi connectivity index (χ0) is 16.1. The van der Waals surface area contributed by atoms with E-state index in [1.165, 1.54) is 0 Å². The van der Waals surface area contributed by atoms with Crippen molar-refractivity contribution in [1.29, 1.82) is 0 Å². The highest BCUT2D eigenvalue weighted by atomic mass is 32.2. The van der Waals surface area contributed by atoms with Crippen molar-refractivity contribution in [2.45, 2.75) is 11.9 Å². The Morgan fingerprint density at radius 1 is 1.13 bits per heavy atom. The summed E-state index contributed by atoms with van der Waals surface area (Å²) < 4.78 is 14.1. The number of carbonyl (C=O) groups excluding carboxylic acids is 1. The topological polar surface area (TPSA) is 66.7 Å². The molecule has 116 valence electrons. The highest BCUT2D eigenvalue weighted by Gasteiger charge is 2.24. The molecule has 5 nitrogen and oxygen atoms in total. The third-order valence-corrected chi connectivity index (χ3v) is 3.97. The van der Waals surface area contributed by atoms with E-state index in [1.54, 1.807) is 36.5 Å². The Labute approximate surface area is 136 Å². The molecule has 3 rings (SSSR count). The minimum Gasteiger partial charge on any atom is -0.323 e. The Hall–Kier alpha value is -2.54. The maximum atomic E-state index is 14.1. The number of amides is 1. The molecule has 1 aliphatic rings. The number of hydrogen-bond acceptors (Lipinski definition) is 5. The fourth-order valence-corrected chi connectivity index (χ4v) is 2.68. The summed E-state index contributed by atoms with van der Waals surface area (Å²) >= 11 is 0.762. The number of aromatic nitrogens is 1. The lowest BCUT2D eigenvalue weighted by molar-refractivity contribution is -0.118. The Kier molecular flexibility index (Phi) is 4.77. The average Bonchev–Trinajstić information content (AvgIpc) is 3.05. The van der Waals surface area contributed by atoms with Gasteiger partial charge in [-0.15, -0.1) is 5.10 Å². The van der Waals surface area contributed by atoms with Crippen LogP contribution < -0.4 is 5.32 Å². The minimum absolute atomic E-state index is 0.376. The lowest BCUT2D eigenvalue weighted by Gasteiger charge is -2.08. The van der Waals surface area contributed by atoms with Crippen LogP contribution in [-0.2, 0) is 4.79 Å². The van der Waals surface area contributed by atoms with Crippen LogP contribution in [0.1, 0.15) is 12.1 Å². The molecule has 1 amide bonds. The number of para-hydroxylation sites is 1. The number of rotatable bonds is 4. The summed E-state index contributed by atoms with van der Waals surface area (Å²) in [5.74, 6) is -0.713. The average molecular weight is 328 g/mol. The van der Waals surface area contributed by atoms with E-state index >= 15 is 0 Å². The van der Waals surface area contributed by atoms with Crippen molar-refractivity contribution in [2.24, 2.45) is 10.2 Å². The van der Waals surface area contributed by atoms with E-state index in [4.69, 9.17) is 0 Å². The fourth-order valence-electron chi connectivity index (χ4n) is 1.96. The molecule has 1 unspecified atom stereocenters. The van der Waals surface area contributed by atoms with Gasteiger partial charge in [0.2, 0.25) is 5.50 Å². The van der Waals surface area contributed by atoms with Gasteiger partial charge in [-0.05, 0) is 24.3 Å². The van der Waals surface area contributed by atoms with E-state index in [2.05, 4.69) is 20.5 Å². The largest absolute Gasteiger partial charge is 0.323 e. The van der Waals surface area contributed by atoms with E-state index in [0.29, 0.717) is 28.6 Å². The van der Waals surface area contributed by atoms with Crippen LogP contribution in [0.5, 0.6) is 0 Å². The van der Waals surface area contributed by atoms with Gasteiger partial charge < -0.3 is 5.32 Å². The molecule has 0 radical (unpaired) electrons. The second kappa shape index (κ2) is 7.15. The van der Waals surface area contributed by atoms with E-state index < -0.39 is 11.4 Å². The number of anilines is 1. The first-order valence-corrected chi connectivity index (χ1v) is 7.82. The van der Waals surface area contributed by atoms with Crippen molar-refractivity contribution in [3.05, 3.63) is 60.4 Å². The molecule has 0 bridgehead atoms. The van der Waals surface area contributed by atoms with Crippen LogP contribution in [0.15, 0.2) is 64.9 Å². The standard InChI is InChI=1S/C16H13FN4OS/c17-15(16(22)19-11-6-2-1-3-7-11)23-14-10-13(20-21-14)12-8-4-5-9-18-12/h1-9,15H,10H2,(H,19,22). The molecule has 2 heterocycles. The molecule has 1 aliphatic heterocycles. The van der Waals surface area contributed by atoms with Crippen molar-refractivity contribution in [2.75, 3.05) is 5.32 Å². The number of nitrogens with one attached hydrogen (secondary N) is 1. The molecule has 0 saturated heterocycles. The Balaban J connectivity index is 1.53. The predicted octanol–water partition coefficient (Wildman–Crippen LogP) is 3.26. The van der Waals surface area contributed by atoms with Crippen LogP contribution >= 0.6 is 11.8 Å². The first-order valence-electron chi connectivity index (χ1n) is 6.94. The van der Waals surface area contributed by atoms with Crippen LogP contribution in [0.3, 0.4) is 0 Å². The maximum absolute atomic E-state index is 14.1. The van der Waals surface area contributed by atoms with Gasteiger partial charge in [-0.3, -0.25) is 9.78 Å². The summed E-state index contributed by atoms with van der Waals surface area (Å²) in [4.78, 5) is 16.0. The molecule has 1 aromatic carbocycles. The third kappa shape index (κ3) is 4.01. The molecule has 2 aromatic rings. The fraction of sp³-hybridized carbons (Fsp3) is 0.125. The molecular weight excluding hydrogens is 315 g/mol. The van der Waals surface area contributed by atoms with Crippen LogP contribution in [0.4, 0.5) is 10.1 Å². The highest BCUT2D eigenvalue weighted by molar-refractivity contribution is 8.15. The Morgan fingerprint density at radius 3 is 2.65 bits per heavy atom. The molecule has 1 N–H and O–H groups in total. The second-order valence-corrected chi connectivity index (χ2v) is 5.84. The van der Waals surface area contributed by atoms with Crippen LogP contribution in [0, 0.1) is 0 Å². The SMILES string of the molecule is O=C(Nc1ccccc1)C(F)SC1=NN=C(c2ccccn2)C1. The number of nitrogens with zero attached hydrogens (tertiary/aromatic N) is 3. The van der Waals surface area contributed by atoms with Gasteiger partial charge in [0.15, 0.2) is 0 Å². The highest BCUT2D eigenvalue weighted by Crippen LogP contribution is 2.23. The van der Waals surface area contributed by atoms with Crippen LogP contribution in [0.25, 0.3) is 0 Å². The van der Waals surface area contributed by atoms with Crippen molar-refractivity contribution in [1.82, 2.24) is 4.98 Å². The molecular formula is C16H13FN4OS. The molecule has 0 saturated carbocycles. The minimum atomic E-state index is -1.74. The van der Waals surface area contributed by atoms with E-state index in [-0.39, 0.29) is 0 Å². The van der Waals surface area contributed by atoms with Gasteiger partial charge in [0.1, 0.15) is 5.04 Å². The molecule has 7 heteroatoms. The summed E-state index contributed by atoms with van der Waals surface area (Å²) in [7, 11) is 0. The lowest BCUT2D eigenvalue weighted by Crippen LogP contribution is -2.22. The van der Waals surface area contributed by atoms with Gasteiger partial charge in [0.05, 0.1) is 11.4 Å². The number of pyridine rings is 1. The van der Waals surface area contributed by atoms with Crippen molar-refractivity contribution in [3.8, 4) is 0 Å². The lowest BCUT2D eigenvalue weighted by atomic mass is 10.2. The quantitative estimate of drug-likeness (QED) is 0.937. The van der Waals surface area contributed by atoms with Crippen molar-refractivity contribution < 1.29 is 9.18 Å². The molecule has 1 aromatic heterocycles. The van der Waals surface area contributed by atoms with Gasteiger partial charge in [0, 0.05) is 18.3 Å². The third-order valence-electron chi connectivity index (χ3n) is 3.05. The number of alkyl halides is 1.